The summed E-state index contributed by atoms with van der Waals surface area (Å²) in [5, 5.41) is 6.96. The molecule has 3 unspecified atom stereocenters. The summed E-state index contributed by atoms with van der Waals surface area (Å²) in [4.78, 5) is 26.8. The molecule has 1 saturated heterocycles. The zero-order valence-electron chi connectivity index (χ0n) is 17.1. The van der Waals surface area contributed by atoms with Crippen LogP contribution < -0.4 is 10.6 Å². The highest BCUT2D eigenvalue weighted by Gasteiger charge is 2.61. The zero-order chi connectivity index (χ0) is 22.6. The van der Waals surface area contributed by atoms with Crippen molar-refractivity contribution < 1.29 is 14.0 Å². The molecule has 3 aromatic carbocycles. The summed E-state index contributed by atoms with van der Waals surface area (Å²) in [6.45, 7) is 1.66. The second-order valence-corrected chi connectivity index (χ2v) is 9.15. The average molecular weight is 469 g/mol. The zero-order valence-corrected chi connectivity index (χ0v) is 18.6. The van der Waals surface area contributed by atoms with Gasteiger partial charge in [0.05, 0.1) is 6.04 Å². The molecule has 4 nitrogen and oxygen atoms in total. The summed E-state index contributed by atoms with van der Waals surface area (Å²) >= 11 is 12.5. The fourth-order valence-corrected chi connectivity index (χ4v) is 5.58. The molecule has 3 aromatic rings. The Labute approximate surface area is 194 Å². The summed E-state index contributed by atoms with van der Waals surface area (Å²) < 4.78 is 14.6. The van der Waals surface area contributed by atoms with E-state index in [0.717, 1.165) is 5.56 Å². The number of benzene rings is 3. The van der Waals surface area contributed by atoms with Crippen LogP contribution in [0.25, 0.3) is 0 Å². The summed E-state index contributed by atoms with van der Waals surface area (Å²) in [5.74, 6) is -1.41. The molecule has 7 heteroatoms. The van der Waals surface area contributed by atoms with Gasteiger partial charge in [-0.3, -0.25) is 9.59 Å². The second-order valence-electron chi connectivity index (χ2n) is 8.28. The Balaban J connectivity index is 1.83. The topological polar surface area (TPSA) is 58.2 Å². The normalized spacial score (nSPS) is 24.2. The van der Waals surface area contributed by atoms with Gasteiger partial charge in [0.1, 0.15) is 11.2 Å². The van der Waals surface area contributed by atoms with Crippen LogP contribution in [-0.2, 0) is 15.0 Å². The third-order valence-electron chi connectivity index (χ3n) is 6.62. The van der Waals surface area contributed by atoms with Crippen LogP contribution >= 0.6 is 23.2 Å². The minimum Gasteiger partial charge on any atom is -0.348 e. The first kappa shape index (κ1) is 21.0. The monoisotopic (exact) mass is 468 g/mol. The second kappa shape index (κ2) is 7.61. The van der Waals surface area contributed by atoms with E-state index in [1.807, 2.05) is 12.1 Å². The Morgan fingerprint density at radius 2 is 1.75 bits per heavy atom. The van der Waals surface area contributed by atoms with E-state index in [2.05, 4.69) is 10.6 Å². The van der Waals surface area contributed by atoms with Gasteiger partial charge < -0.3 is 10.6 Å². The number of piperidine rings is 1. The third kappa shape index (κ3) is 3.03. The molecule has 2 heterocycles. The first-order valence-electron chi connectivity index (χ1n) is 10.2. The van der Waals surface area contributed by atoms with E-state index >= 15 is 0 Å². The highest BCUT2D eigenvalue weighted by atomic mass is 35.5. The van der Waals surface area contributed by atoms with Gasteiger partial charge >= 0.3 is 0 Å². The molecule has 0 bridgehead atoms. The SMILES string of the molecule is Cc1c(F)cccc1C1NC(=O)CC(c2cccc(Cl)c2)C12C(=O)Nc1cc(Cl)ccc12. The van der Waals surface area contributed by atoms with Crippen LogP contribution in [0.5, 0.6) is 0 Å². The first-order chi connectivity index (χ1) is 15.3. The molecule has 0 aliphatic carbocycles. The number of carbonyl (C=O) groups excluding carboxylic acids is 2. The van der Waals surface area contributed by atoms with Gasteiger partial charge in [-0.1, -0.05) is 53.5 Å². The van der Waals surface area contributed by atoms with Crippen molar-refractivity contribution >= 4 is 40.7 Å². The van der Waals surface area contributed by atoms with Gasteiger partial charge in [0, 0.05) is 28.1 Å². The van der Waals surface area contributed by atoms with E-state index < -0.39 is 23.2 Å². The van der Waals surface area contributed by atoms with Crippen LogP contribution in [-0.4, -0.2) is 11.8 Å². The molecular weight excluding hydrogens is 450 g/mol. The molecule has 2 aliphatic heterocycles. The molecule has 162 valence electrons. The lowest BCUT2D eigenvalue weighted by Crippen LogP contribution is -2.57. The Morgan fingerprint density at radius 1 is 1.00 bits per heavy atom. The molecule has 0 radical (unpaired) electrons. The molecule has 0 aromatic heterocycles. The number of anilines is 1. The van der Waals surface area contributed by atoms with Crippen molar-refractivity contribution in [3.63, 3.8) is 0 Å². The lowest BCUT2D eigenvalue weighted by atomic mass is 9.59. The average Bonchev–Trinajstić information content (AvgIpc) is 3.03. The maximum atomic E-state index is 14.6. The first-order valence-corrected chi connectivity index (χ1v) is 11.0. The van der Waals surface area contributed by atoms with Crippen LogP contribution in [0.3, 0.4) is 0 Å². The van der Waals surface area contributed by atoms with Crippen molar-refractivity contribution in [2.75, 3.05) is 5.32 Å². The van der Waals surface area contributed by atoms with Crippen molar-refractivity contribution in [2.45, 2.75) is 30.7 Å². The van der Waals surface area contributed by atoms with Crippen LogP contribution in [0.4, 0.5) is 10.1 Å². The predicted octanol–water partition coefficient (Wildman–Crippen LogP) is 5.68. The van der Waals surface area contributed by atoms with Gasteiger partial charge in [-0.2, -0.15) is 0 Å². The van der Waals surface area contributed by atoms with Crippen molar-refractivity contribution in [1.82, 2.24) is 5.32 Å². The standard InChI is InChI=1S/C25H19Cl2FN2O2/c1-13-17(6-3-7-20(13)28)23-25(18-9-8-16(27)11-21(18)29-24(25)32)19(12-22(31)30-23)14-4-2-5-15(26)10-14/h2-11,19,23H,12H2,1H3,(H,29,32)(H,30,31). The number of halogens is 3. The summed E-state index contributed by atoms with van der Waals surface area (Å²) in [7, 11) is 0. The van der Waals surface area contributed by atoms with Gasteiger partial charge in [0.15, 0.2) is 0 Å². The van der Waals surface area contributed by atoms with Crippen LogP contribution in [0.15, 0.2) is 60.7 Å². The number of hydrogen-bond acceptors (Lipinski definition) is 2. The Bertz CT molecular complexity index is 1280. The molecule has 3 atom stereocenters. The number of fused-ring (bicyclic) bond motifs is 2. The minimum absolute atomic E-state index is 0.0840. The minimum atomic E-state index is -1.21. The Kier molecular flexibility index (Phi) is 4.99. The van der Waals surface area contributed by atoms with E-state index in [1.54, 1.807) is 49.4 Å². The molecule has 32 heavy (non-hydrogen) atoms. The number of amides is 2. The molecule has 0 saturated carbocycles. The fourth-order valence-electron chi connectivity index (χ4n) is 5.21. The van der Waals surface area contributed by atoms with Gasteiger partial charge in [0.2, 0.25) is 11.8 Å². The maximum absolute atomic E-state index is 14.6. The lowest BCUT2D eigenvalue weighted by molar-refractivity contribution is -0.131. The smallest absolute Gasteiger partial charge is 0.238 e. The Hall–Kier alpha value is -2.89. The predicted molar refractivity (Wildman–Crippen MR) is 123 cm³/mol. The fraction of sp³-hybridized carbons (Fsp3) is 0.200. The number of nitrogens with one attached hydrogen (secondary N) is 2. The lowest BCUT2D eigenvalue weighted by Gasteiger charge is -2.46. The molecule has 1 spiro atoms. The number of hydrogen-bond donors (Lipinski definition) is 2. The molecule has 2 aliphatic rings. The molecule has 1 fully saturated rings. The van der Waals surface area contributed by atoms with Crippen molar-refractivity contribution in [3.8, 4) is 0 Å². The summed E-state index contributed by atoms with van der Waals surface area (Å²) in [6.07, 6.45) is 0.0840. The summed E-state index contributed by atoms with van der Waals surface area (Å²) in [5.41, 5.74) is 1.80. The largest absolute Gasteiger partial charge is 0.348 e. The number of rotatable bonds is 2. The van der Waals surface area contributed by atoms with E-state index in [4.69, 9.17) is 23.2 Å². The van der Waals surface area contributed by atoms with E-state index in [1.165, 1.54) is 6.07 Å². The van der Waals surface area contributed by atoms with Crippen molar-refractivity contribution in [1.29, 1.82) is 0 Å². The quantitative estimate of drug-likeness (QED) is 0.508. The van der Waals surface area contributed by atoms with Gasteiger partial charge in [-0.05, 0) is 59.5 Å². The van der Waals surface area contributed by atoms with Crippen LogP contribution in [0, 0.1) is 12.7 Å². The van der Waals surface area contributed by atoms with Crippen molar-refractivity contribution in [2.24, 2.45) is 0 Å². The molecule has 2 amide bonds. The third-order valence-corrected chi connectivity index (χ3v) is 7.09. The van der Waals surface area contributed by atoms with E-state index in [9.17, 15) is 14.0 Å². The molecule has 2 N–H and O–H groups in total. The molecular formula is C25H19Cl2FN2O2. The highest BCUT2D eigenvalue weighted by molar-refractivity contribution is 6.31. The number of carbonyl (C=O) groups is 2. The van der Waals surface area contributed by atoms with Crippen LogP contribution in [0.2, 0.25) is 10.0 Å². The van der Waals surface area contributed by atoms with Crippen molar-refractivity contribution in [3.05, 3.63) is 98.8 Å². The highest BCUT2D eigenvalue weighted by Crippen LogP contribution is 2.57. The van der Waals surface area contributed by atoms with Gasteiger partial charge in [-0.15, -0.1) is 0 Å². The summed E-state index contributed by atoms with van der Waals surface area (Å²) in [6, 6.07) is 16.4. The van der Waals surface area contributed by atoms with Gasteiger partial charge in [-0.25, -0.2) is 4.39 Å². The maximum Gasteiger partial charge on any atom is 0.238 e. The van der Waals surface area contributed by atoms with E-state index in [-0.39, 0.29) is 18.2 Å². The molecule has 5 rings (SSSR count). The van der Waals surface area contributed by atoms with E-state index in [0.29, 0.717) is 32.4 Å². The van der Waals surface area contributed by atoms with Gasteiger partial charge in [0.25, 0.3) is 0 Å². The Morgan fingerprint density at radius 3 is 2.53 bits per heavy atom. The van der Waals surface area contributed by atoms with Crippen LogP contribution in [0.1, 0.15) is 40.6 Å².